The van der Waals surface area contributed by atoms with E-state index in [2.05, 4.69) is 15.7 Å². The van der Waals surface area contributed by atoms with Crippen LogP contribution in [0.25, 0.3) is 0 Å². The third kappa shape index (κ3) is 3.04. The van der Waals surface area contributed by atoms with Crippen LogP contribution in [0.4, 0.5) is 0 Å². The number of thiophene rings is 1. The molecule has 2 aromatic heterocycles. The summed E-state index contributed by atoms with van der Waals surface area (Å²) in [4.78, 5) is 24.0. The zero-order chi connectivity index (χ0) is 15.7. The van der Waals surface area contributed by atoms with Crippen LogP contribution in [0.1, 0.15) is 40.4 Å². The van der Waals surface area contributed by atoms with Gasteiger partial charge in [0, 0.05) is 29.1 Å². The van der Waals surface area contributed by atoms with Crippen molar-refractivity contribution in [1.82, 2.24) is 20.4 Å². The average Bonchev–Trinajstić information content (AvgIpc) is 3.12. The Bertz CT molecular complexity index is 667. The number of aromatic nitrogens is 2. The smallest absolute Gasteiger partial charge is 0.271 e. The van der Waals surface area contributed by atoms with Crippen molar-refractivity contribution in [2.45, 2.75) is 38.9 Å². The van der Waals surface area contributed by atoms with Crippen LogP contribution in [0.3, 0.4) is 0 Å². The van der Waals surface area contributed by atoms with Gasteiger partial charge in [0.1, 0.15) is 5.69 Å². The van der Waals surface area contributed by atoms with Crippen molar-refractivity contribution in [3.63, 3.8) is 0 Å². The summed E-state index contributed by atoms with van der Waals surface area (Å²) in [5, 5.41) is 13.9. The van der Waals surface area contributed by atoms with Gasteiger partial charge in [-0.05, 0) is 31.4 Å². The molecule has 1 aliphatic heterocycles. The van der Waals surface area contributed by atoms with Gasteiger partial charge in [0.25, 0.3) is 11.8 Å². The van der Waals surface area contributed by atoms with Crippen LogP contribution in [0, 0.1) is 0 Å². The molecule has 0 aliphatic carbocycles. The van der Waals surface area contributed by atoms with Gasteiger partial charge in [-0.25, -0.2) is 0 Å². The van der Waals surface area contributed by atoms with E-state index in [1.807, 2.05) is 30.7 Å². The fraction of sp³-hybridized carbons (Fsp3) is 0.400. The second kappa shape index (κ2) is 5.92. The number of nitrogens with zero attached hydrogens (tertiary/aromatic N) is 2. The Morgan fingerprint density at radius 1 is 1.41 bits per heavy atom. The van der Waals surface area contributed by atoms with E-state index in [9.17, 15) is 9.59 Å². The van der Waals surface area contributed by atoms with Crippen molar-refractivity contribution >= 4 is 23.2 Å². The average molecular weight is 318 g/mol. The summed E-state index contributed by atoms with van der Waals surface area (Å²) in [6.45, 7) is 4.43. The summed E-state index contributed by atoms with van der Waals surface area (Å²) in [5.41, 5.74) is 2.10. The Morgan fingerprint density at radius 2 is 2.23 bits per heavy atom. The number of hydrogen-bond donors (Lipinski definition) is 2. The number of rotatable bonds is 4. The summed E-state index contributed by atoms with van der Waals surface area (Å²) in [6, 6.07) is 3.72. The minimum absolute atomic E-state index is 0.0251. The molecule has 0 bridgehead atoms. The molecular weight excluding hydrogens is 300 g/mol. The third-order valence-electron chi connectivity index (χ3n) is 3.48. The van der Waals surface area contributed by atoms with Gasteiger partial charge in [0.05, 0.1) is 12.6 Å². The molecule has 2 aromatic rings. The van der Waals surface area contributed by atoms with Crippen LogP contribution in [0.2, 0.25) is 0 Å². The van der Waals surface area contributed by atoms with Gasteiger partial charge in [-0.15, -0.1) is 0 Å². The highest BCUT2D eigenvalue weighted by molar-refractivity contribution is 7.08. The lowest BCUT2D eigenvalue weighted by atomic mass is 10.2. The zero-order valence-corrected chi connectivity index (χ0v) is 13.3. The van der Waals surface area contributed by atoms with Crippen molar-refractivity contribution < 1.29 is 9.59 Å². The van der Waals surface area contributed by atoms with Crippen molar-refractivity contribution in [3.8, 4) is 0 Å². The minimum atomic E-state index is -0.157. The molecule has 116 valence electrons. The number of hydrogen-bond acceptors (Lipinski definition) is 4. The summed E-state index contributed by atoms with van der Waals surface area (Å²) in [6.07, 6.45) is 0.692. The maximum atomic E-state index is 12.0. The van der Waals surface area contributed by atoms with Crippen LogP contribution in [-0.2, 0) is 13.0 Å². The summed E-state index contributed by atoms with van der Waals surface area (Å²) >= 11 is 1.50. The number of nitrogens with one attached hydrogen (secondary N) is 2. The molecule has 0 saturated carbocycles. The predicted molar refractivity (Wildman–Crippen MR) is 84.1 cm³/mol. The second-order valence-electron chi connectivity index (χ2n) is 5.72. The highest BCUT2D eigenvalue weighted by atomic mass is 32.1. The lowest BCUT2D eigenvalue weighted by Crippen LogP contribution is -2.36. The second-order valence-corrected chi connectivity index (χ2v) is 6.50. The molecule has 0 spiro atoms. The van der Waals surface area contributed by atoms with Gasteiger partial charge in [0.2, 0.25) is 0 Å². The molecule has 22 heavy (non-hydrogen) atoms. The van der Waals surface area contributed by atoms with Gasteiger partial charge in [-0.1, -0.05) is 0 Å². The molecule has 6 nitrogen and oxygen atoms in total. The Balaban J connectivity index is 1.61. The van der Waals surface area contributed by atoms with Crippen LogP contribution in [-0.4, -0.2) is 33.7 Å². The van der Waals surface area contributed by atoms with Crippen LogP contribution in [0.15, 0.2) is 22.9 Å². The molecule has 1 aliphatic rings. The van der Waals surface area contributed by atoms with E-state index in [1.165, 1.54) is 11.3 Å². The highest BCUT2D eigenvalue weighted by Gasteiger charge is 2.26. The summed E-state index contributed by atoms with van der Waals surface area (Å²) in [7, 11) is 0. The Morgan fingerprint density at radius 3 is 2.86 bits per heavy atom. The molecule has 0 aromatic carbocycles. The Hall–Kier alpha value is -2.15. The van der Waals surface area contributed by atoms with Crippen molar-refractivity contribution in [2.24, 2.45) is 0 Å². The quantitative estimate of drug-likeness (QED) is 0.895. The van der Waals surface area contributed by atoms with E-state index in [4.69, 9.17) is 0 Å². The van der Waals surface area contributed by atoms with E-state index in [1.54, 1.807) is 10.7 Å². The van der Waals surface area contributed by atoms with Gasteiger partial charge in [-0.3, -0.25) is 14.3 Å². The first-order chi connectivity index (χ1) is 10.5. The van der Waals surface area contributed by atoms with Gasteiger partial charge in [-0.2, -0.15) is 16.4 Å². The molecule has 0 radical (unpaired) electrons. The molecular formula is C15H18N4O2S. The normalized spacial score (nSPS) is 16.6. The molecule has 2 N–H and O–H groups in total. The highest BCUT2D eigenvalue weighted by Crippen LogP contribution is 2.17. The Kier molecular flexibility index (Phi) is 3.98. The lowest BCUT2D eigenvalue weighted by Gasteiger charge is -2.11. The topological polar surface area (TPSA) is 76.0 Å². The van der Waals surface area contributed by atoms with Crippen molar-refractivity contribution in [2.75, 3.05) is 0 Å². The fourth-order valence-electron chi connectivity index (χ4n) is 2.51. The summed E-state index contributed by atoms with van der Waals surface area (Å²) < 4.78 is 1.80. The number of carbonyl (C=O) groups excluding carboxylic acids is 2. The predicted octanol–water partition coefficient (Wildman–Crippen LogP) is 1.44. The number of carbonyl (C=O) groups is 2. The van der Waals surface area contributed by atoms with E-state index in [-0.39, 0.29) is 23.9 Å². The van der Waals surface area contributed by atoms with E-state index in [0.717, 1.165) is 5.69 Å². The first-order valence-electron chi connectivity index (χ1n) is 7.23. The molecule has 2 amide bonds. The molecule has 0 saturated heterocycles. The molecule has 0 unspecified atom stereocenters. The maximum Gasteiger partial charge on any atom is 0.271 e. The zero-order valence-electron chi connectivity index (χ0n) is 12.5. The van der Waals surface area contributed by atoms with Crippen LogP contribution >= 0.6 is 11.3 Å². The van der Waals surface area contributed by atoms with E-state index in [0.29, 0.717) is 24.2 Å². The number of fused-ring (bicyclic) bond motifs is 1. The summed E-state index contributed by atoms with van der Waals surface area (Å²) in [5.74, 6) is -0.217. The minimum Gasteiger partial charge on any atom is -0.348 e. The first-order valence-corrected chi connectivity index (χ1v) is 8.18. The molecule has 3 rings (SSSR count). The van der Waals surface area contributed by atoms with E-state index >= 15 is 0 Å². The van der Waals surface area contributed by atoms with Gasteiger partial charge in [0.15, 0.2) is 0 Å². The van der Waals surface area contributed by atoms with Crippen LogP contribution < -0.4 is 10.6 Å². The lowest BCUT2D eigenvalue weighted by molar-refractivity contribution is 0.0924. The molecule has 7 heteroatoms. The molecule has 1 atom stereocenters. The Labute approximate surface area is 132 Å². The number of amides is 2. The standard InChI is InChI=1S/C15H18N4O2S/c1-9(2)16-15(21)13-6-12-5-11(7-19(12)18-13)17-14(20)10-3-4-22-8-10/h3-4,6,8-9,11H,5,7H2,1-2H3,(H,16,21)(H,17,20)/t11-/m0/s1. The van der Waals surface area contributed by atoms with Crippen molar-refractivity contribution in [1.29, 1.82) is 0 Å². The third-order valence-corrected chi connectivity index (χ3v) is 4.17. The SMILES string of the molecule is CC(C)NC(=O)c1cc2n(n1)C[C@@H](NC(=O)c1ccsc1)C2. The first kappa shape index (κ1) is 14.8. The molecule has 0 fully saturated rings. The van der Waals surface area contributed by atoms with Crippen molar-refractivity contribution in [3.05, 3.63) is 39.8 Å². The monoisotopic (exact) mass is 318 g/mol. The largest absolute Gasteiger partial charge is 0.348 e. The molecule has 3 heterocycles. The fourth-order valence-corrected chi connectivity index (χ4v) is 3.15. The van der Waals surface area contributed by atoms with Gasteiger partial charge < -0.3 is 10.6 Å². The maximum absolute atomic E-state index is 12.0. The van der Waals surface area contributed by atoms with E-state index < -0.39 is 0 Å². The van der Waals surface area contributed by atoms with Crippen LogP contribution in [0.5, 0.6) is 0 Å². The van der Waals surface area contributed by atoms with Gasteiger partial charge >= 0.3 is 0 Å².